The van der Waals surface area contributed by atoms with Gasteiger partial charge in [-0.1, -0.05) is 11.6 Å². The molecule has 1 saturated heterocycles. The van der Waals surface area contributed by atoms with Gasteiger partial charge in [0.05, 0.1) is 5.02 Å². The van der Waals surface area contributed by atoms with Crippen LogP contribution < -0.4 is 5.73 Å². The normalized spacial score (nSPS) is 22.1. The van der Waals surface area contributed by atoms with Crippen molar-refractivity contribution in [2.75, 3.05) is 13.1 Å². The third-order valence-electron chi connectivity index (χ3n) is 2.93. The molecule has 0 amide bonds. The molecule has 1 fully saturated rings. The van der Waals surface area contributed by atoms with Crippen molar-refractivity contribution in [3.8, 4) is 0 Å². The molecular weight excluding hydrogens is 279 g/mol. The average molecular weight is 293 g/mol. The fourth-order valence-corrected chi connectivity index (χ4v) is 4.06. The average Bonchev–Trinajstić information content (AvgIpc) is 2.28. The van der Waals surface area contributed by atoms with Gasteiger partial charge in [0.15, 0.2) is 0 Å². The van der Waals surface area contributed by atoms with Gasteiger partial charge in [0.1, 0.15) is 10.7 Å². The van der Waals surface area contributed by atoms with Crippen LogP contribution in [0.15, 0.2) is 23.1 Å². The summed E-state index contributed by atoms with van der Waals surface area (Å²) in [5.41, 5.74) is 5.76. The van der Waals surface area contributed by atoms with Gasteiger partial charge in [0.2, 0.25) is 10.0 Å². The molecular formula is C11H14ClFN2O2S. The Kier molecular flexibility index (Phi) is 3.91. The van der Waals surface area contributed by atoms with E-state index in [9.17, 15) is 12.8 Å². The molecule has 1 aromatic carbocycles. The Morgan fingerprint density at radius 3 is 2.78 bits per heavy atom. The van der Waals surface area contributed by atoms with Crippen LogP contribution in [0.5, 0.6) is 0 Å². The van der Waals surface area contributed by atoms with Gasteiger partial charge in [0.25, 0.3) is 0 Å². The molecule has 1 aliphatic heterocycles. The Morgan fingerprint density at radius 1 is 1.44 bits per heavy atom. The van der Waals surface area contributed by atoms with E-state index in [2.05, 4.69) is 0 Å². The lowest BCUT2D eigenvalue weighted by atomic mass is 10.1. The monoisotopic (exact) mass is 292 g/mol. The largest absolute Gasteiger partial charge is 0.327 e. The summed E-state index contributed by atoms with van der Waals surface area (Å²) in [6.45, 7) is 0.694. The van der Waals surface area contributed by atoms with Crippen molar-refractivity contribution in [3.63, 3.8) is 0 Å². The molecule has 1 heterocycles. The van der Waals surface area contributed by atoms with Crippen LogP contribution in [0.4, 0.5) is 4.39 Å². The number of nitrogens with zero attached hydrogens (tertiary/aromatic N) is 1. The van der Waals surface area contributed by atoms with Crippen molar-refractivity contribution in [2.24, 2.45) is 5.73 Å². The van der Waals surface area contributed by atoms with E-state index >= 15 is 0 Å². The quantitative estimate of drug-likeness (QED) is 0.900. The lowest BCUT2D eigenvalue weighted by Gasteiger charge is -2.30. The summed E-state index contributed by atoms with van der Waals surface area (Å²) >= 11 is 5.79. The maximum atomic E-state index is 12.9. The van der Waals surface area contributed by atoms with Gasteiger partial charge in [0, 0.05) is 19.1 Å². The third-order valence-corrected chi connectivity index (χ3v) is 5.28. The summed E-state index contributed by atoms with van der Waals surface area (Å²) in [7, 11) is -3.69. The van der Waals surface area contributed by atoms with Crippen molar-refractivity contribution in [1.29, 1.82) is 0 Å². The number of hydrogen-bond donors (Lipinski definition) is 1. The molecule has 1 atom stereocenters. The lowest BCUT2D eigenvalue weighted by molar-refractivity contribution is 0.316. The number of piperidine rings is 1. The Morgan fingerprint density at radius 2 is 2.17 bits per heavy atom. The van der Waals surface area contributed by atoms with Crippen LogP contribution >= 0.6 is 11.6 Å². The maximum Gasteiger partial charge on any atom is 0.244 e. The summed E-state index contributed by atoms with van der Waals surface area (Å²) < 4.78 is 38.9. The van der Waals surface area contributed by atoms with Gasteiger partial charge in [-0.05, 0) is 31.0 Å². The van der Waals surface area contributed by atoms with Crippen molar-refractivity contribution >= 4 is 21.6 Å². The van der Waals surface area contributed by atoms with Crippen LogP contribution in [0, 0.1) is 5.82 Å². The minimum absolute atomic E-state index is 0.0698. The van der Waals surface area contributed by atoms with Crippen molar-refractivity contribution in [2.45, 2.75) is 23.8 Å². The number of nitrogens with two attached hydrogens (primary N) is 1. The summed E-state index contributed by atoms with van der Waals surface area (Å²) in [6.07, 6.45) is 1.53. The minimum Gasteiger partial charge on any atom is -0.327 e. The van der Waals surface area contributed by atoms with Gasteiger partial charge >= 0.3 is 0 Å². The van der Waals surface area contributed by atoms with E-state index in [1.54, 1.807) is 0 Å². The zero-order valence-corrected chi connectivity index (χ0v) is 11.2. The van der Waals surface area contributed by atoms with Gasteiger partial charge < -0.3 is 5.73 Å². The topological polar surface area (TPSA) is 63.4 Å². The van der Waals surface area contributed by atoms with Crippen molar-refractivity contribution in [1.82, 2.24) is 4.31 Å². The molecule has 0 spiro atoms. The van der Waals surface area contributed by atoms with Gasteiger partial charge in [-0.15, -0.1) is 0 Å². The van der Waals surface area contributed by atoms with E-state index in [0.29, 0.717) is 6.54 Å². The van der Waals surface area contributed by atoms with E-state index in [1.807, 2.05) is 0 Å². The molecule has 4 nitrogen and oxygen atoms in total. The Bertz CT molecular complexity index is 550. The highest BCUT2D eigenvalue weighted by atomic mass is 35.5. The predicted octanol–water partition coefficient (Wildman–Crippen LogP) is 1.59. The van der Waals surface area contributed by atoms with Crippen LogP contribution in [0.1, 0.15) is 12.8 Å². The molecule has 0 aromatic heterocycles. The maximum absolute atomic E-state index is 12.9. The van der Waals surface area contributed by atoms with Crippen molar-refractivity contribution in [3.05, 3.63) is 29.0 Å². The predicted molar refractivity (Wildman–Crippen MR) is 67.4 cm³/mol. The smallest absolute Gasteiger partial charge is 0.244 e. The Hall–Kier alpha value is -0.690. The molecule has 7 heteroatoms. The molecule has 1 aromatic rings. The highest BCUT2D eigenvalue weighted by molar-refractivity contribution is 7.89. The van der Waals surface area contributed by atoms with Crippen LogP contribution in [-0.4, -0.2) is 31.9 Å². The fourth-order valence-electron chi connectivity index (χ4n) is 2.02. The highest BCUT2D eigenvalue weighted by Gasteiger charge is 2.30. The SMILES string of the molecule is N[C@H]1CCCN(S(=O)(=O)c2ccc(F)cc2Cl)C1. The summed E-state index contributed by atoms with van der Waals surface area (Å²) in [4.78, 5) is -0.0698. The zero-order chi connectivity index (χ0) is 13.3. The van der Waals surface area contributed by atoms with Crippen LogP contribution in [0.3, 0.4) is 0 Å². The van der Waals surface area contributed by atoms with Gasteiger partial charge in [-0.25, -0.2) is 12.8 Å². The molecule has 0 radical (unpaired) electrons. The molecule has 0 unspecified atom stereocenters. The third kappa shape index (κ3) is 2.66. The second-order valence-electron chi connectivity index (χ2n) is 4.34. The van der Waals surface area contributed by atoms with E-state index in [-0.39, 0.29) is 22.5 Å². The van der Waals surface area contributed by atoms with E-state index in [1.165, 1.54) is 10.4 Å². The first kappa shape index (κ1) is 13.7. The number of halogens is 2. The number of sulfonamides is 1. The number of benzene rings is 1. The van der Waals surface area contributed by atoms with E-state index in [0.717, 1.165) is 25.0 Å². The first-order valence-corrected chi connectivity index (χ1v) is 7.44. The Labute approximate surface area is 111 Å². The van der Waals surface area contributed by atoms with Crippen LogP contribution in [-0.2, 0) is 10.0 Å². The van der Waals surface area contributed by atoms with Crippen molar-refractivity contribution < 1.29 is 12.8 Å². The fraction of sp³-hybridized carbons (Fsp3) is 0.455. The molecule has 0 bridgehead atoms. The standard InChI is InChI=1S/C11H14ClFN2O2S/c12-10-6-8(13)3-4-11(10)18(16,17)15-5-1-2-9(14)7-15/h3-4,6,9H,1-2,5,7,14H2/t9-/m0/s1. The molecule has 2 rings (SSSR count). The van der Waals surface area contributed by atoms with Crippen LogP contribution in [0.2, 0.25) is 5.02 Å². The molecule has 18 heavy (non-hydrogen) atoms. The van der Waals surface area contributed by atoms with Gasteiger partial charge in [-0.2, -0.15) is 4.31 Å². The first-order valence-electron chi connectivity index (χ1n) is 5.62. The second kappa shape index (κ2) is 5.13. The van der Waals surface area contributed by atoms with Crippen LogP contribution in [0.25, 0.3) is 0 Å². The summed E-state index contributed by atoms with van der Waals surface area (Å²) in [5.74, 6) is -0.561. The molecule has 100 valence electrons. The Balaban J connectivity index is 2.35. The number of hydrogen-bond acceptors (Lipinski definition) is 3. The summed E-state index contributed by atoms with van der Waals surface area (Å²) in [5, 5.41) is -0.103. The van der Waals surface area contributed by atoms with E-state index in [4.69, 9.17) is 17.3 Å². The summed E-state index contributed by atoms with van der Waals surface area (Å²) in [6, 6.07) is 3.11. The van der Waals surface area contributed by atoms with Gasteiger partial charge in [-0.3, -0.25) is 0 Å². The second-order valence-corrected chi connectivity index (χ2v) is 6.65. The zero-order valence-electron chi connectivity index (χ0n) is 9.64. The first-order chi connectivity index (χ1) is 8.41. The molecule has 2 N–H and O–H groups in total. The molecule has 1 aliphatic rings. The molecule has 0 aliphatic carbocycles. The molecule has 0 saturated carbocycles. The number of rotatable bonds is 2. The highest BCUT2D eigenvalue weighted by Crippen LogP contribution is 2.27. The van der Waals surface area contributed by atoms with E-state index < -0.39 is 15.8 Å². The minimum atomic E-state index is -3.69. The lowest BCUT2D eigenvalue weighted by Crippen LogP contribution is -2.45.